The van der Waals surface area contributed by atoms with Gasteiger partial charge in [-0.05, 0) is 31.1 Å². The molecular formula is C14H13ClF3N5O2S. The average molecular weight is 408 g/mol. The highest BCUT2D eigenvalue weighted by Crippen LogP contribution is 2.35. The number of ether oxygens (including phenoxy) is 1. The van der Waals surface area contributed by atoms with Crippen LogP contribution in [0.5, 0.6) is 5.88 Å². The number of nitrogens with one attached hydrogen (secondary N) is 2. The van der Waals surface area contributed by atoms with Crippen molar-refractivity contribution >= 4 is 29.7 Å². The normalized spacial score (nSPS) is 14.3. The molecule has 0 radical (unpaired) electrons. The fourth-order valence-electron chi connectivity index (χ4n) is 2.24. The lowest BCUT2D eigenvalue weighted by molar-refractivity contribution is -0.154. The molecule has 2 N–H and O–H groups in total. The molecule has 1 aliphatic rings. The van der Waals surface area contributed by atoms with Gasteiger partial charge in [0.2, 0.25) is 5.88 Å². The lowest BCUT2D eigenvalue weighted by Crippen LogP contribution is -2.25. The van der Waals surface area contributed by atoms with Crippen molar-refractivity contribution in [3.63, 3.8) is 0 Å². The number of nitrogens with zero attached hydrogens (tertiary/aromatic N) is 3. The number of hydrogen-bond acceptors (Lipinski definition) is 5. The summed E-state index contributed by atoms with van der Waals surface area (Å²) in [6.45, 7) is -1.39. The molecule has 2 aromatic rings. The molecule has 0 bridgehead atoms. The van der Waals surface area contributed by atoms with E-state index < -0.39 is 24.6 Å². The lowest BCUT2D eigenvalue weighted by Gasteiger charge is -2.10. The third kappa shape index (κ3) is 4.52. The molecule has 0 aromatic carbocycles. The van der Waals surface area contributed by atoms with Crippen molar-refractivity contribution in [1.29, 1.82) is 0 Å². The number of carbonyl (C=O) groups excluding carboxylic acids is 1. The average Bonchev–Trinajstić information content (AvgIpc) is 3.33. The van der Waals surface area contributed by atoms with Crippen molar-refractivity contribution in [2.24, 2.45) is 0 Å². The van der Waals surface area contributed by atoms with Crippen LogP contribution in [0.1, 0.15) is 35.1 Å². The van der Waals surface area contributed by atoms with E-state index in [0.29, 0.717) is 16.6 Å². The van der Waals surface area contributed by atoms with Gasteiger partial charge in [0.1, 0.15) is 5.02 Å². The molecule has 0 spiro atoms. The van der Waals surface area contributed by atoms with Gasteiger partial charge in [-0.15, -0.1) is 0 Å². The van der Waals surface area contributed by atoms with Gasteiger partial charge in [0.25, 0.3) is 5.91 Å². The first-order valence-corrected chi connectivity index (χ1v) is 8.32. The van der Waals surface area contributed by atoms with Crippen LogP contribution in [0.15, 0.2) is 12.3 Å². The second-order valence-electron chi connectivity index (χ2n) is 5.64. The zero-order chi connectivity index (χ0) is 18.9. The molecule has 0 atom stereocenters. The Morgan fingerprint density at radius 1 is 1.50 bits per heavy atom. The van der Waals surface area contributed by atoms with Crippen molar-refractivity contribution in [2.75, 3.05) is 6.61 Å². The summed E-state index contributed by atoms with van der Waals surface area (Å²) in [6, 6.07) is 1.49. The maximum Gasteiger partial charge on any atom is 0.422 e. The highest BCUT2D eigenvalue weighted by molar-refractivity contribution is 7.71. The number of H-pyrrole nitrogens is 1. The molecule has 0 aliphatic heterocycles. The fraction of sp³-hybridized carbons (Fsp3) is 0.429. The predicted octanol–water partition coefficient (Wildman–Crippen LogP) is 3.20. The number of rotatable bonds is 6. The number of alkyl halides is 3. The number of halogens is 4. The predicted molar refractivity (Wildman–Crippen MR) is 87.6 cm³/mol. The highest BCUT2D eigenvalue weighted by atomic mass is 35.5. The van der Waals surface area contributed by atoms with E-state index in [1.807, 2.05) is 4.57 Å². The summed E-state index contributed by atoms with van der Waals surface area (Å²) in [6.07, 6.45) is -1.41. The number of aromatic amines is 1. The van der Waals surface area contributed by atoms with E-state index in [1.165, 1.54) is 6.07 Å². The molecule has 2 heterocycles. The van der Waals surface area contributed by atoms with Gasteiger partial charge >= 0.3 is 6.18 Å². The zero-order valence-corrected chi connectivity index (χ0v) is 14.7. The highest BCUT2D eigenvalue weighted by Gasteiger charge is 2.29. The molecule has 1 saturated carbocycles. The molecule has 12 heteroatoms. The third-order valence-electron chi connectivity index (χ3n) is 3.54. The van der Waals surface area contributed by atoms with Crippen molar-refractivity contribution in [3.05, 3.63) is 33.4 Å². The number of carbonyl (C=O) groups is 1. The van der Waals surface area contributed by atoms with Crippen LogP contribution >= 0.6 is 23.8 Å². The van der Waals surface area contributed by atoms with Crippen LogP contribution in [0.3, 0.4) is 0 Å². The Hall–Kier alpha value is -2.14. The molecular weight excluding hydrogens is 395 g/mol. The summed E-state index contributed by atoms with van der Waals surface area (Å²) in [5.74, 6) is -0.303. The van der Waals surface area contributed by atoms with Gasteiger partial charge in [-0.2, -0.15) is 18.3 Å². The first kappa shape index (κ1) is 18.6. The molecule has 0 saturated heterocycles. The Morgan fingerprint density at radius 2 is 2.23 bits per heavy atom. The minimum atomic E-state index is -4.51. The van der Waals surface area contributed by atoms with Crippen molar-refractivity contribution in [1.82, 2.24) is 25.1 Å². The SMILES string of the molecule is O=C(NCc1n[nH]c(=S)n1C1CC1)c1cnc(OCC(F)(F)F)c(Cl)c1. The minimum absolute atomic E-state index is 0.0847. The molecule has 1 amide bonds. The van der Waals surface area contributed by atoms with Gasteiger partial charge in [-0.1, -0.05) is 11.6 Å². The van der Waals surface area contributed by atoms with Crippen LogP contribution in [0.2, 0.25) is 5.02 Å². The van der Waals surface area contributed by atoms with Crippen LogP contribution in [-0.4, -0.2) is 38.4 Å². The van der Waals surface area contributed by atoms with Crippen molar-refractivity contribution in [3.8, 4) is 5.88 Å². The van der Waals surface area contributed by atoms with E-state index in [-0.39, 0.29) is 17.1 Å². The molecule has 7 nitrogen and oxygen atoms in total. The summed E-state index contributed by atoms with van der Waals surface area (Å²) in [4.78, 5) is 15.9. The van der Waals surface area contributed by atoms with E-state index in [9.17, 15) is 18.0 Å². The van der Waals surface area contributed by atoms with E-state index in [2.05, 4.69) is 25.2 Å². The fourth-order valence-corrected chi connectivity index (χ4v) is 2.76. The van der Waals surface area contributed by atoms with Crippen LogP contribution in [0, 0.1) is 4.77 Å². The topological polar surface area (TPSA) is 84.8 Å². The van der Waals surface area contributed by atoms with Crippen LogP contribution in [0.25, 0.3) is 0 Å². The van der Waals surface area contributed by atoms with Crippen molar-refractivity contribution < 1.29 is 22.7 Å². The summed E-state index contributed by atoms with van der Waals surface area (Å²) < 4.78 is 43.3. The van der Waals surface area contributed by atoms with E-state index >= 15 is 0 Å². The van der Waals surface area contributed by atoms with Crippen LogP contribution < -0.4 is 10.1 Å². The molecule has 0 unspecified atom stereocenters. The third-order valence-corrected chi connectivity index (χ3v) is 4.10. The standard InChI is InChI=1S/C14H13ClF3N5O2S/c15-9-3-7(4-20-12(9)25-6-14(16,17)18)11(24)19-5-10-21-22-13(26)23(10)8-1-2-8/h3-4,8H,1-2,5-6H2,(H,19,24)(H,22,26). The number of pyridine rings is 1. The zero-order valence-electron chi connectivity index (χ0n) is 13.1. The molecule has 3 rings (SSSR count). The Labute approximate surface area is 155 Å². The van der Waals surface area contributed by atoms with Crippen LogP contribution in [-0.2, 0) is 6.54 Å². The quantitative estimate of drug-likeness (QED) is 0.718. The second-order valence-corrected chi connectivity index (χ2v) is 6.44. The first-order valence-electron chi connectivity index (χ1n) is 7.53. The van der Waals surface area contributed by atoms with Gasteiger partial charge in [0.05, 0.1) is 12.1 Å². The van der Waals surface area contributed by atoms with Gasteiger partial charge in [-0.25, -0.2) is 4.98 Å². The van der Waals surface area contributed by atoms with Crippen LogP contribution in [0.4, 0.5) is 13.2 Å². The van der Waals surface area contributed by atoms with E-state index in [1.54, 1.807) is 0 Å². The largest absolute Gasteiger partial charge is 0.467 e. The number of aromatic nitrogens is 4. The molecule has 2 aromatic heterocycles. The monoisotopic (exact) mass is 407 g/mol. The maximum atomic E-state index is 12.2. The number of hydrogen-bond donors (Lipinski definition) is 2. The summed E-state index contributed by atoms with van der Waals surface area (Å²) in [7, 11) is 0. The summed E-state index contributed by atoms with van der Waals surface area (Å²) in [5.41, 5.74) is 0.0847. The smallest absolute Gasteiger partial charge is 0.422 e. The minimum Gasteiger partial charge on any atom is -0.467 e. The Balaban J connectivity index is 1.63. The number of amides is 1. The van der Waals surface area contributed by atoms with E-state index in [0.717, 1.165) is 19.0 Å². The summed E-state index contributed by atoms with van der Waals surface area (Å²) in [5, 5.41) is 9.23. The Bertz CT molecular complexity index is 878. The first-order chi connectivity index (χ1) is 12.2. The lowest BCUT2D eigenvalue weighted by atomic mass is 10.2. The Morgan fingerprint density at radius 3 is 2.85 bits per heavy atom. The molecule has 26 heavy (non-hydrogen) atoms. The van der Waals surface area contributed by atoms with Gasteiger partial charge < -0.3 is 10.1 Å². The molecule has 1 fully saturated rings. The summed E-state index contributed by atoms with van der Waals surface area (Å²) >= 11 is 11.0. The Kier molecular flexibility index (Phi) is 5.19. The molecule has 140 valence electrons. The van der Waals surface area contributed by atoms with E-state index in [4.69, 9.17) is 23.8 Å². The second kappa shape index (κ2) is 7.23. The van der Waals surface area contributed by atoms with Crippen molar-refractivity contribution in [2.45, 2.75) is 31.6 Å². The molecule has 1 aliphatic carbocycles. The van der Waals surface area contributed by atoms with Gasteiger partial charge in [0.15, 0.2) is 17.2 Å². The maximum absolute atomic E-state index is 12.2. The van der Waals surface area contributed by atoms with Gasteiger partial charge in [-0.3, -0.25) is 14.5 Å². The van der Waals surface area contributed by atoms with Gasteiger partial charge in [0, 0.05) is 12.2 Å².